The molecular weight excluding hydrogens is 442 g/mol. The smallest absolute Gasteiger partial charge is 0.414 e. The summed E-state index contributed by atoms with van der Waals surface area (Å²) < 4.78 is 5.57. The van der Waals surface area contributed by atoms with Gasteiger partial charge in [-0.1, -0.05) is 24.3 Å². The molecule has 4 aromatic rings. The van der Waals surface area contributed by atoms with E-state index in [-0.39, 0.29) is 17.7 Å². The first-order valence-corrected chi connectivity index (χ1v) is 11.9. The third kappa shape index (κ3) is 3.41. The molecule has 2 aliphatic heterocycles. The number of aromatic amines is 1. The van der Waals surface area contributed by atoms with Crippen molar-refractivity contribution in [2.45, 2.75) is 39.2 Å². The van der Waals surface area contributed by atoms with E-state index in [1.165, 1.54) is 0 Å². The van der Waals surface area contributed by atoms with Gasteiger partial charge in [-0.25, -0.2) is 4.79 Å². The number of ether oxygens (including phenoxy) is 1. The van der Waals surface area contributed by atoms with Gasteiger partial charge in [0.2, 0.25) is 0 Å². The summed E-state index contributed by atoms with van der Waals surface area (Å²) in [5.74, 6) is 0.0427. The fourth-order valence-corrected chi connectivity index (χ4v) is 5.34. The standard InChI is InChI=1S/C28H27N3O4/c1-28(2,3)35-27(34)31-13-11-18-20-14-22(29-21(20)8-9-23(18)31)26(33)30-12-10-17-16-6-4-5-7-19(16)25(32)15-24(17)30/h4-9,14-15,29,32H,10-13H2,1-3H3. The Morgan fingerprint density at radius 3 is 2.31 bits per heavy atom. The van der Waals surface area contributed by atoms with Crippen LogP contribution in [0.15, 0.2) is 48.5 Å². The first-order valence-electron chi connectivity index (χ1n) is 11.9. The zero-order valence-corrected chi connectivity index (χ0v) is 20.0. The first-order chi connectivity index (χ1) is 16.7. The summed E-state index contributed by atoms with van der Waals surface area (Å²) in [5, 5.41) is 13.3. The lowest BCUT2D eigenvalue weighted by molar-refractivity contribution is 0.0583. The molecule has 1 aromatic heterocycles. The normalized spacial score (nSPS) is 15.1. The third-order valence-corrected chi connectivity index (χ3v) is 6.84. The number of hydrogen-bond donors (Lipinski definition) is 2. The number of nitrogens with one attached hydrogen (secondary N) is 1. The molecule has 7 nitrogen and oxygen atoms in total. The molecule has 0 fully saturated rings. The van der Waals surface area contributed by atoms with Crippen molar-refractivity contribution in [2.24, 2.45) is 0 Å². The van der Waals surface area contributed by atoms with Crippen molar-refractivity contribution >= 4 is 45.1 Å². The lowest BCUT2D eigenvalue weighted by atomic mass is 10.0. The summed E-state index contributed by atoms with van der Waals surface area (Å²) in [7, 11) is 0. The van der Waals surface area contributed by atoms with Crippen LogP contribution in [0.3, 0.4) is 0 Å². The Hall–Kier alpha value is -4.00. The van der Waals surface area contributed by atoms with Crippen molar-refractivity contribution in [1.29, 1.82) is 0 Å². The lowest BCUT2D eigenvalue weighted by Gasteiger charge is -2.24. The molecule has 2 amide bonds. The van der Waals surface area contributed by atoms with Gasteiger partial charge in [0.25, 0.3) is 5.91 Å². The molecule has 0 spiro atoms. The molecule has 0 aliphatic carbocycles. The minimum Gasteiger partial charge on any atom is -0.507 e. The fraction of sp³-hybridized carbons (Fsp3) is 0.286. The van der Waals surface area contributed by atoms with E-state index >= 15 is 0 Å². The van der Waals surface area contributed by atoms with Gasteiger partial charge in [-0.2, -0.15) is 0 Å². The number of nitrogens with zero attached hydrogens (tertiary/aromatic N) is 2. The van der Waals surface area contributed by atoms with Crippen LogP contribution in [0.4, 0.5) is 16.2 Å². The van der Waals surface area contributed by atoms with Crippen LogP contribution in [0.5, 0.6) is 5.75 Å². The topological polar surface area (TPSA) is 85.9 Å². The van der Waals surface area contributed by atoms with E-state index in [2.05, 4.69) is 4.98 Å². The molecular formula is C28H27N3O4. The molecule has 2 N–H and O–H groups in total. The monoisotopic (exact) mass is 469 g/mol. The highest BCUT2D eigenvalue weighted by Gasteiger charge is 2.32. The van der Waals surface area contributed by atoms with Crippen LogP contribution in [0.2, 0.25) is 0 Å². The van der Waals surface area contributed by atoms with Crippen molar-refractivity contribution in [1.82, 2.24) is 4.98 Å². The average molecular weight is 470 g/mol. The maximum Gasteiger partial charge on any atom is 0.414 e. The number of amides is 2. The van der Waals surface area contributed by atoms with Gasteiger partial charge in [-0.3, -0.25) is 9.69 Å². The molecule has 0 bridgehead atoms. The Morgan fingerprint density at radius 2 is 1.57 bits per heavy atom. The van der Waals surface area contributed by atoms with Gasteiger partial charge in [0.05, 0.1) is 11.4 Å². The summed E-state index contributed by atoms with van der Waals surface area (Å²) in [6.45, 7) is 6.67. The van der Waals surface area contributed by atoms with Gasteiger partial charge in [0, 0.05) is 35.4 Å². The molecule has 35 heavy (non-hydrogen) atoms. The van der Waals surface area contributed by atoms with Crippen LogP contribution in [-0.4, -0.2) is 40.8 Å². The molecule has 3 heterocycles. The Kier molecular flexibility index (Phi) is 4.61. The number of benzene rings is 3. The van der Waals surface area contributed by atoms with Crippen LogP contribution in [0, 0.1) is 0 Å². The van der Waals surface area contributed by atoms with Gasteiger partial charge < -0.3 is 19.7 Å². The molecule has 0 saturated carbocycles. The maximum atomic E-state index is 13.6. The number of aromatic nitrogens is 1. The second-order valence-corrected chi connectivity index (χ2v) is 10.2. The minimum atomic E-state index is -0.566. The molecule has 178 valence electrons. The van der Waals surface area contributed by atoms with Crippen molar-refractivity contribution < 1.29 is 19.4 Å². The Morgan fingerprint density at radius 1 is 0.886 bits per heavy atom. The molecule has 2 aliphatic rings. The van der Waals surface area contributed by atoms with Gasteiger partial charge >= 0.3 is 6.09 Å². The molecule has 7 heteroatoms. The first kappa shape index (κ1) is 21.5. The number of carbonyl (C=O) groups excluding carboxylic acids is 2. The van der Waals surface area contributed by atoms with Crippen LogP contribution in [-0.2, 0) is 17.6 Å². The largest absolute Gasteiger partial charge is 0.507 e. The molecule has 0 radical (unpaired) electrons. The zero-order chi connectivity index (χ0) is 24.5. The second-order valence-electron chi connectivity index (χ2n) is 10.2. The molecule has 0 atom stereocenters. The number of aromatic hydroxyl groups is 1. The van der Waals surface area contributed by atoms with E-state index in [4.69, 9.17) is 4.74 Å². The van der Waals surface area contributed by atoms with Gasteiger partial charge in [0.15, 0.2) is 0 Å². The van der Waals surface area contributed by atoms with E-state index in [9.17, 15) is 14.7 Å². The number of phenols is 1. The van der Waals surface area contributed by atoms with Crippen LogP contribution >= 0.6 is 0 Å². The molecule has 6 rings (SSSR count). The maximum absolute atomic E-state index is 13.6. The van der Waals surface area contributed by atoms with E-state index in [0.717, 1.165) is 50.6 Å². The van der Waals surface area contributed by atoms with Crippen molar-refractivity contribution in [3.8, 4) is 5.75 Å². The fourth-order valence-electron chi connectivity index (χ4n) is 5.34. The average Bonchev–Trinajstić information content (AvgIpc) is 3.53. The number of fused-ring (bicyclic) bond motifs is 6. The Bertz CT molecular complexity index is 1530. The van der Waals surface area contributed by atoms with Crippen molar-refractivity contribution in [2.75, 3.05) is 22.9 Å². The quantitative estimate of drug-likeness (QED) is 0.384. The van der Waals surface area contributed by atoms with Crippen LogP contribution < -0.4 is 9.80 Å². The Labute approximate surface area is 202 Å². The van der Waals surface area contributed by atoms with E-state index < -0.39 is 5.60 Å². The number of hydrogen-bond acceptors (Lipinski definition) is 4. The van der Waals surface area contributed by atoms with E-state index in [1.807, 2.05) is 63.2 Å². The van der Waals surface area contributed by atoms with E-state index in [1.54, 1.807) is 15.9 Å². The number of carbonyl (C=O) groups is 2. The number of rotatable bonds is 1. The minimum absolute atomic E-state index is 0.134. The summed E-state index contributed by atoms with van der Waals surface area (Å²) in [6, 6.07) is 15.1. The van der Waals surface area contributed by atoms with Gasteiger partial charge in [0.1, 0.15) is 17.0 Å². The molecule has 0 saturated heterocycles. The lowest BCUT2D eigenvalue weighted by Crippen LogP contribution is -2.35. The highest BCUT2D eigenvalue weighted by atomic mass is 16.6. The van der Waals surface area contributed by atoms with Crippen LogP contribution in [0.1, 0.15) is 42.4 Å². The van der Waals surface area contributed by atoms with Crippen molar-refractivity contribution in [3.05, 3.63) is 65.4 Å². The SMILES string of the molecule is CC(C)(C)OC(=O)N1CCc2c1ccc1[nH]c(C(=O)N3CCc4c3cc(O)c3ccccc43)cc21. The Balaban J connectivity index is 1.35. The van der Waals surface area contributed by atoms with Crippen LogP contribution in [0.25, 0.3) is 21.7 Å². The highest BCUT2D eigenvalue weighted by Crippen LogP contribution is 2.41. The summed E-state index contributed by atoms with van der Waals surface area (Å²) in [5.41, 5.74) is 4.48. The number of anilines is 2. The zero-order valence-electron chi connectivity index (χ0n) is 20.0. The molecule has 3 aromatic carbocycles. The molecule has 0 unspecified atom stereocenters. The van der Waals surface area contributed by atoms with E-state index in [0.29, 0.717) is 25.2 Å². The summed E-state index contributed by atoms with van der Waals surface area (Å²) in [6.07, 6.45) is 1.08. The number of phenolic OH excluding ortho intramolecular Hbond substituents is 1. The summed E-state index contributed by atoms with van der Waals surface area (Å²) in [4.78, 5) is 33.0. The van der Waals surface area contributed by atoms with Gasteiger partial charge in [-0.05, 0) is 68.3 Å². The number of H-pyrrole nitrogens is 1. The highest BCUT2D eigenvalue weighted by molar-refractivity contribution is 6.11. The predicted molar refractivity (Wildman–Crippen MR) is 137 cm³/mol. The third-order valence-electron chi connectivity index (χ3n) is 6.84. The second kappa shape index (κ2) is 7.50. The van der Waals surface area contributed by atoms with Crippen molar-refractivity contribution in [3.63, 3.8) is 0 Å². The predicted octanol–water partition coefficient (Wildman–Crippen LogP) is 5.53. The summed E-state index contributed by atoms with van der Waals surface area (Å²) >= 11 is 0. The van der Waals surface area contributed by atoms with Gasteiger partial charge in [-0.15, -0.1) is 0 Å².